The van der Waals surface area contributed by atoms with E-state index in [-0.39, 0.29) is 24.0 Å². The van der Waals surface area contributed by atoms with Crippen LogP contribution < -0.4 is 10.6 Å². The zero-order valence-corrected chi connectivity index (χ0v) is 9.53. The van der Waals surface area contributed by atoms with Gasteiger partial charge in [-0.15, -0.1) is 0 Å². The Morgan fingerprint density at radius 2 is 1.94 bits per heavy atom. The summed E-state index contributed by atoms with van der Waals surface area (Å²) >= 11 is 4.78. The van der Waals surface area contributed by atoms with Crippen LogP contribution in [0.2, 0.25) is 0 Å². The highest BCUT2D eigenvalue weighted by molar-refractivity contribution is 7.80. The van der Waals surface area contributed by atoms with E-state index in [9.17, 15) is 13.2 Å². The van der Waals surface area contributed by atoms with Gasteiger partial charge in [0.1, 0.15) is 0 Å². The molecule has 0 aliphatic carbocycles. The number of halogens is 3. The number of alkyl halides is 3. The fraction of sp³-hybridized carbons (Fsp3) is 0.300. The molecule has 0 bridgehead atoms. The summed E-state index contributed by atoms with van der Waals surface area (Å²) in [6.45, 7) is 0.0305. The molecule has 0 heterocycles. The number of rotatable bonds is 3. The number of anilines is 1. The second kappa shape index (κ2) is 5.83. The van der Waals surface area contributed by atoms with Crippen LogP contribution in [0.25, 0.3) is 0 Å². The van der Waals surface area contributed by atoms with Crippen molar-refractivity contribution in [1.82, 2.24) is 5.32 Å². The smallest absolute Gasteiger partial charge is 0.395 e. The lowest BCUT2D eigenvalue weighted by atomic mass is 10.2. The number of thiocarbonyl (C=S) groups is 1. The summed E-state index contributed by atoms with van der Waals surface area (Å²) in [6, 6.07) is 5.04. The molecule has 94 valence electrons. The molecule has 0 aromatic heterocycles. The number of benzene rings is 1. The molecule has 0 unspecified atom stereocenters. The summed E-state index contributed by atoms with van der Waals surface area (Å²) in [6.07, 6.45) is -4.43. The molecule has 0 amide bonds. The van der Waals surface area contributed by atoms with Crippen molar-refractivity contribution in [3.63, 3.8) is 0 Å². The number of hydrogen-bond acceptors (Lipinski definition) is 2. The molecule has 7 heteroatoms. The van der Waals surface area contributed by atoms with Crippen LogP contribution in [0.5, 0.6) is 0 Å². The van der Waals surface area contributed by atoms with Crippen molar-refractivity contribution in [3.8, 4) is 0 Å². The van der Waals surface area contributed by atoms with Crippen molar-refractivity contribution in [3.05, 3.63) is 29.8 Å². The molecule has 3 nitrogen and oxygen atoms in total. The van der Waals surface area contributed by atoms with Crippen LogP contribution >= 0.6 is 12.2 Å². The summed E-state index contributed by atoms with van der Waals surface area (Å²) in [4.78, 5) is 0. The average Bonchev–Trinajstić information content (AvgIpc) is 2.25. The molecule has 0 saturated carbocycles. The minimum absolute atomic E-state index is 0.0377. The van der Waals surface area contributed by atoms with Crippen molar-refractivity contribution in [2.75, 3.05) is 18.5 Å². The molecule has 0 atom stereocenters. The van der Waals surface area contributed by atoms with E-state index in [2.05, 4.69) is 10.6 Å². The van der Waals surface area contributed by atoms with Gasteiger partial charge in [0.2, 0.25) is 0 Å². The molecule has 1 aromatic carbocycles. The lowest BCUT2D eigenvalue weighted by Crippen LogP contribution is -2.31. The monoisotopic (exact) mass is 264 g/mol. The SMILES string of the molecule is OCCNC(=S)Nc1ccccc1C(F)(F)F. The van der Waals surface area contributed by atoms with Gasteiger partial charge in [0, 0.05) is 6.54 Å². The number of nitrogens with one attached hydrogen (secondary N) is 2. The standard InChI is InChI=1S/C10H11F3N2OS/c11-10(12,13)7-3-1-2-4-8(7)15-9(17)14-5-6-16/h1-4,16H,5-6H2,(H2,14,15,17). The molecule has 17 heavy (non-hydrogen) atoms. The fourth-order valence-electron chi connectivity index (χ4n) is 1.18. The Labute approximate surface area is 102 Å². The summed E-state index contributed by atoms with van der Waals surface area (Å²) in [5.41, 5.74) is -0.899. The molecule has 0 fully saturated rings. The Morgan fingerprint density at radius 3 is 2.53 bits per heavy atom. The maximum Gasteiger partial charge on any atom is 0.418 e. The predicted molar refractivity (Wildman–Crippen MR) is 62.8 cm³/mol. The molecule has 0 spiro atoms. The lowest BCUT2D eigenvalue weighted by Gasteiger charge is -2.15. The van der Waals surface area contributed by atoms with Gasteiger partial charge >= 0.3 is 6.18 Å². The molecule has 1 aromatic rings. The van der Waals surface area contributed by atoms with Crippen molar-refractivity contribution < 1.29 is 18.3 Å². The van der Waals surface area contributed by atoms with Crippen molar-refractivity contribution >= 4 is 23.0 Å². The largest absolute Gasteiger partial charge is 0.418 e. The van der Waals surface area contributed by atoms with Crippen LogP contribution in [0.15, 0.2) is 24.3 Å². The summed E-state index contributed by atoms with van der Waals surface area (Å²) in [5, 5.41) is 13.6. The van der Waals surface area contributed by atoms with E-state index < -0.39 is 11.7 Å². The van der Waals surface area contributed by atoms with Crippen LogP contribution in [0.3, 0.4) is 0 Å². The lowest BCUT2D eigenvalue weighted by molar-refractivity contribution is -0.136. The molecular weight excluding hydrogens is 253 g/mol. The summed E-state index contributed by atoms with van der Waals surface area (Å²) < 4.78 is 37.8. The Kier molecular flexibility index (Phi) is 4.71. The van der Waals surface area contributed by atoms with Gasteiger partial charge in [-0.05, 0) is 24.4 Å². The van der Waals surface area contributed by atoms with E-state index in [1.165, 1.54) is 18.2 Å². The normalized spacial score (nSPS) is 11.1. The highest BCUT2D eigenvalue weighted by Crippen LogP contribution is 2.34. The van der Waals surface area contributed by atoms with E-state index in [4.69, 9.17) is 17.3 Å². The van der Waals surface area contributed by atoms with Crippen LogP contribution in [0, 0.1) is 0 Å². The first-order valence-corrected chi connectivity index (χ1v) is 5.18. The van der Waals surface area contributed by atoms with E-state index in [1.54, 1.807) is 0 Å². The van der Waals surface area contributed by atoms with Gasteiger partial charge in [-0.3, -0.25) is 0 Å². The number of para-hydroxylation sites is 1. The third-order valence-electron chi connectivity index (χ3n) is 1.88. The van der Waals surface area contributed by atoms with Gasteiger partial charge in [-0.2, -0.15) is 13.2 Å². The predicted octanol–water partition coefficient (Wildman–Crippen LogP) is 1.98. The molecule has 0 radical (unpaired) electrons. The highest BCUT2D eigenvalue weighted by Gasteiger charge is 2.33. The van der Waals surface area contributed by atoms with Gasteiger partial charge in [-0.25, -0.2) is 0 Å². The topological polar surface area (TPSA) is 44.3 Å². The van der Waals surface area contributed by atoms with Crippen molar-refractivity contribution in [1.29, 1.82) is 0 Å². The summed E-state index contributed by atoms with van der Waals surface area (Å²) in [7, 11) is 0. The number of aliphatic hydroxyl groups excluding tert-OH is 1. The molecule has 0 aliphatic rings. The van der Waals surface area contributed by atoms with Crippen molar-refractivity contribution in [2.45, 2.75) is 6.18 Å². The Bertz CT molecular complexity index is 395. The number of aliphatic hydroxyl groups is 1. The Morgan fingerprint density at radius 1 is 1.29 bits per heavy atom. The summed E-state index contributed by atoms with van der Waals surface area (Å²) in [5.74, 6) is 0. The van der Waals surface area contributed by atoms with E-state index in [1.807, 2.05) is 0 Å². The molecule has 0 saturated heterocycles. The van der Waals surface area contributed by atoms with Gasteiger partial charge in [-0.1, -0.05) is 12.1 Å². The maximum absolute atomic E-state index is 12.6. The second-order valence-electron chi connectivity index (χ2n) is 3.15. The molecule has 1 rings (SSSR count). The van der Waals surface area contributed by atoms with Gasteiger partial charge in [0.05, 0.1) is 17.9 Å². The number of hydrogen-bond donors (Lipinski definition) is 3. The fourth-order valence-corrected chi connectivity index (χ4v) is 1.39. The highest BCUT2D eigenvalue weighted by atomic mass is 32.1. The third-order valence-corrected chi connectivity index (χ3v) is 2.12. The minimum Gasteiger partial charge on any atom is -0.395 e. The maximum atomic E-state index is 12.6. The zero-order chi connectivity index (χ0) is 12.9. The average molecular weight is 264 g/mol. The van der Waals surface area contributed by atoms with Gasteiger partial charge in [0.15, 0.2) is 5.11 Å². The Balaban J connectivity index is 2.81. The zero-order valence-electron chi connectivity index (χ0n) is 8.71. The van der Waals surface area contributed by atoms with E-state index in [0.717, 1.165) is 6.07 Å². The second-order valence-corrected chi connectivity index (χ2v) is 3.56. The van der Waals surface area contributed by atoms with Crippen LogP contribution in [-0.2, 0) is 6.18 Å². The van der Waals surface area contributed by atoms with Gasteiger partial charge in [0.25, 0.3) is 0 Å². The molecule has 0 aliphatic heterocycles. The molecular formula is C10H11F3N2OS. The van der Waals surface area contributed by atoms with E-state index >= 15 is 0 Å². The van der Waals surface area contributed by atoms with Crippen LogP contribution in [0.1, 0.15) is 5.56 Å². The van der Waals surface area contributed by atoms with Crippen molar-refractivity contribution in [2.24, 2.45) is 0 Å². The first-order valence-electron chi connectivity index (χ1n) is 4.77. The van der Waals surface area contributed by atoms with Gasteiger partial charge < -0.3 is 15.7 Å². The third kappa shape index (κ3) is 4.20. The molecule has 3 N–H and O–H groups in total. The first kappa shape index (κ1) is 13.7. The van der Waals surface area contributed by atoms with E-state index in [0.29, 0.717) is 0 Å². The minimum atomic E-state index is -4.43. The first-order chi connectivity index (χ1) is 7.95. The van der Waals surface area contributed by atoms with Crippen LogP contribution in [0.4, 0.5) is 18.9 Å². The Hall–Kier alpha value is -1.34. The van der Waals surface area contributed by atoms with Crippen LogP contribution in [-0.4, -0.2) is 23.4 Å². The quantitative estimate of drug-likeness (QED) is 0.730.